The quantitative estimate of drug-likeness (QED) is 0.276. The van der Waals surface area contributed by atoms with E-state index in [1.165, 1.54) is 54.3 Å². The van der Waals surface area contributed by atoms with Crippen LogP contribution in [0.1, 0.15) is 50.5 Å². The van der Waals surface area contributed by atoms with Gasteiger partial charge in [0.2, 0.25) is 17.7 Å². The van der Waals surface area contributed by atoms with Gasteiger partial charge in [-0.3, -0.25) is 19.3 Å². The lowest BCUT2D eigenvalue weighted by Crippen LogP contribution is -2.54. The molecule has 1 aromatic carbocycles. The Morgan fingerprint density at radius 1 is 1.05 bits per heavy atom. The monoisotopic (exact) mass is 577 g/mol. The van der Waals surface area contributed by atoms with Crippen molar-refractivity contribution in [3.63, 3.8) is 0 Å². The van der Waals surface area contributed by atoms with Crippen LogP contribution in [0.15, 0.2) is 30.3 Å². The zero-order valence-corrected chi connectivity index (χ0v) is 25.3. The zero-order valence-electron chi connectivity index (χ0n) is 23.7. The normalized spacial score (nSPS) is 17.9. The second-order valence-corrected chi connectivity index (χ2v) is 12.7. The summed E-state index contributed by atoms with van der Waals surface area (Å²) in [6.45, 7) is 2.93. The fraction of sp³-hybridized carbons (Fsp3) is 0.690. The molecular formula is C29H47N5O3S2. The first-order valence-corrected chi connectivity index (χ1v) is 16.9. The zero-order chi connectivity index (χ0) is 27.9. The summed E-state index contributed by atoms with van der Waals surface area (Å²) in [4.78, 5) is 42.8. The van der Waals surface area contributed by atoms with Gasteiger partial charge in [0.1, 0.15) is 12.6 Å². The minimum absolute atomic E-state index is 0.0453. The molecule has 0 spiro atoms. The van der Waals surface area contributed by atoms with Gasteiger partial charge in [0.15, 0.2) is 0 Å². The predicted molar refractivity (Wildman–Crippen MR) is 163 cm³/mol. The highest BCUT2D eigenvalue weighted by Crippen LogP contribution is 2.27. The van der Waals surface area contributed by atoms with Crippen LogP contribution in [-0.2, 0) is 20.9 Å². The number of nitrogens with one attached hydrogen (secondary N) is 3. The number of amides is 3. The lowest BCUT2D eigenvalue weighted by molar-refractivity contribution is -0.135. The van der Waals surface area contributed by atoms with Crippen LogP contribution < -0.4 is 16.0 Å². The molecule has 1 heterocycles. The Morgan fingerprint density at radius 2 is 1.77 bits per heavy atom. The third-order valence-corrected chi connectivity index (χ3v) is 9.34. The summed E-state index contributed by atoms with van der Waals surface area (Å²) in [5, 5.41) is 9.05. The highest BCUT2D eigenvalue weighted by Gasteiger charge is 2.27. The second-order valence-electron chi connectivity index (χ2n) is 10.7. The molecule has 3 amide bonds. The molecule has 2 aliphatic rings. The van der Waals surface area contributed by atoms with Crippen molar-refractivity contribution in [2.75, 3.05) is 56.9 Å². The highest BCUT2D eigenvalue weighted by molar-refractivity contribution is 7.99. The van der Waals surface area contributed by atoms with Crippen LogP contribution in [0.2, 0.25) is 0 Å². The van der Waals surface area contributed by atoms with Gasteiger partial charge in [-0.2, -0.15) is 11.8 Å². The molecule has 39 heavy (non-hydrogen) atoms. The maximum absolute atomic E-state index is 13.4. The van der Waals surface area contributed by atoms with Crippen LogP contribution in [0.4, 0.5) is 0 Å². The molecule has 1 atom stereocenters. The number of carbonyl (C=O) groups excluding carboxylic acids is 3. The summed E-state index contributed by atoms with van der Waals surface area (Å²) in [7, 11) is 1.71. The Hall–Kier alpha value is -1.75. The molecule has 0 unspecified atom stereocenters. The van der Waals surface area contributed by atoms with Gasteiger partial charge in [-0.05, 0) is 56.2 Å². The minimum Gasteiger partial charge on any atom is -0.351 e. The van der Waals surface area contributed by atoms with Crippen molar-refractivity contribution in [3.8, 4) is 0 Å². The first-order valence-electron chi connectivity index (χ1n) is 14.3. The van der Waals surface area contributed by atoms with Gasteiger partial charge in [0, 0.05) is 31.4 Å². The maximum Gasteiger partial charge on any atom is 0.243 e. The van der Waals surface area contributed by atoms with Crippen molar-refractivity contribution in [1.82, 2.24) is 25.8 Å². The largest absolute Gasteiger partial charge is 0.351 e. The number of rotatable bonds is 15. The standard InChI is InChI=1S/C29H47N5O3S2/c1-30-17-28(36)34(22-38-2)19-27(35)32-26(21-39-20-24-11-7-4-8-12-24)29(37)31-25-13-15-33(16-14-25)18-23-9-5-3-6-10-23/h3,5-6,9-10,24-26,30H,4,7-8,11-22H2,1-2H3,(H,31,37)(H,32,35)/t26-/m0/s1. The van der Waals surface area contributed by atoms with Crippen LogP contribution in [0.25, 0.3) is 0 Å². The van der Waals surface area contributed by atoms with E-state index in [2.05, 4.69) is 45.1 Å². The molecule has 1 saturated heterocycles. The Bertz CT molecular complexity index is 877. The lowest BCUT2D eigenvalue weighted by atomic mass is 9.91. The van der Waals surface area contributed by atoms with Crippen LogP contribution in [0.3, 0.4) is 0 Å². The van der Waals surface area contributed by atoms with E-state index in [0.29, 0.717) is 17.5 Å². The molecular weight excluding hydrogens is 530 g/mol. The van der Waals surface area contributed by atoms with Gasteiger partial charge in [0.05, 0.1) is 12.4 Å². The second kappa shape index (κ2) is 17.8. The van der Waals surface area contributed by atoms with Crippen molar-refractivity contribution in [2.45, 2.75) is 63.6 Å². The first-order chi connectivity index (χ1) is 19.0. The van der Waals surface area contributed by atoms with Gasteiger partial charge in [-0.25, -0.2) is 0 Å². The number of thioether (sulfide) groups is 2. The van der Waals surface area contributed by atoms with Gasteiger partial charge >= 0.3 is 0 Å². The van der Waals surface area contributed by atoms with Crippen molar-refractivity contribution < 1.29 is 14.4 Å². The van der Waals surface area contributed by atoms with Gasteiger partial charge in [-0.15, -0.1) is 11.8 Å². The number of piperidine rings is 1. The van der Waals surface area contributed by atoms with E-state index >= 15 is 0 Å². The van der Waals surface area contributed by atoms with Crippen LogP contribution in [-0.4, -0.2) is 96.5 Å². The van der Waals surface area contributed by atoms with Gasteiger partial charge < -0.3 is 20.9 Å². The molecule has 0 radical (unpaired) electrons. The topological polar surface area (TPSA) is 93.8 Å². The molecule has 0 bridgehead atoms. The molecule has 1 aliphatic carbocycles. The fourth-order valence-electron chi connectivity index (χ4n) is 5.31. The van der Waals surface area contributed by atoms with Crippen molar-refractivity contribution in [2.24, 2.45) is 5.92 Å². The van der Waals surface area contributed by atoms with Crippen molar-refractivity contribution in [1.29, 1.82) is 0 Å². The van der Waals surface area contributed by atoms with Gasteiger partial charge in [0.25, 0.3) is 0 Å². The van der Waals surface area contributed by atoms with E-state index in [0.717, 1.165) is 38.2 Å². The number of carbonyl (C=O) groups is 3. The molecule has 10 heteroatoms. The highest BCUT2D eigenvalue weighted by atomic mass is 32.2. The summed E-state index contributed by atoms with van der Waals surface area (Å²) in [6.07, 6.45) is 10.1. The number of likely N-dealkylation sites (tertiary alicyclic amines) is 1. The molecule has 1 aliphatic heterocycles. The third kappa shape index (κ3) is 11.7. The fourth-order valence-corrected chi connectivity index (χ4v) is 7.13. The smallest absolute Gasteiger partial charge is 0.243 e. The van der Waals surface area contributed by atoms with E-state index in [9.17, 15) is 14.4 Å². The van der Waals surface area contributed by atoms with E-state index < -0.39 is 6.04 Å². The SMILES string of the molecule is CNCC(=O)N(CSC)CC(=O)N[C@@H](CSCC1CCCCC1)C(=O)NC1CCN(Cc2ccccc2)CC1. The van der Waals surface area contributed by atoms with Gasteiger partial charge in [-0.1, -0.05) is 49.6 Å². The number of hydrogen-bond donors (Lipinski definition) is 3. The van der Waals surface area contributed by atoms with Crippen LogP contribution >= 0.6 is 23.5 Å². The Kier molecular flexibility index (Phi) is 14.5. The number of likely N-dealkylation sites (N-methyl/N-ethyl adjacent to an activating group) is 1. The Balaban J connectivity index is 1.52. The Morgan fingerprint density at radius 3 is 2.44 bits per heavy atom. The molecule has 2 fully saturated rings. The minimum atomic E-state index is -0.607. The molecule has 0 aromatic heterocycles. The summed E-state index contributed by atoms with van der Waals surface area (Å²) in [5.74, 6) is 2.18. The van der Waals surface area contributed by atoms with Crippen LogP contribution in [0, 0.1) is 5.92 Å². The van der Waals surface area contributed by atoms with Crippen molar-refractivity contribution >= 4 is 41.2 Å². The lowest BCUT2D eigenvalue weighted by Gasteiger charge is -2.33. The van der Waals surface area contributed by atoms with Crippen LogP contribution in [0.5, 0.6) is 0 Å². The summed E-state index contributed by atoms with van der Waals surface area (Å²) >= 11 is 3.26. The summed E-state index contributed by atoms with van der Waals surface area (Å²) < 4.78 is 0. The van der Waals surface area contributed by atoms with E-state index in [-0.39, 0.29) is 36.9 Å². The molecule has 3 N–H and O–H groups in total. The first kappa shape index (κ1) is 31.8. The number of benzene rings is 1. The van der Waals surface area contributed by atoms with Crippen molar-refractivity contribution in [3.05, 3.63) is 35.9 Å². The average Bonchev–Trinajstić information content (AvgIpc) is 2.94. The molecule has 218 valence electrons. The third-order valence-electron chi connectivity index (χ3n) is 7.50. The number of hydrogen-bond acceptors (Lipinski definition) is 7. The summed E-state index contributed by atoms with van der Waals surface area (Å²) in [6, 6.07) is 9.98. The van der Waals surface area contributed by atoms with E-state index in [1.807, 2.05) is 12.3 Å². The average molecular weight is 578 g/mol. The van der Waals surface area contributed by atoms with E-state index in [1.54, 1.807) is 18.8 Å². The predicted octanol–water partition coefficient (Wildman–Crippen LogP) is 2.93. The molecule has 1 saturated carbocycles. The molecule has 1 aromatic rings. The Labute approximate surface area is 243 Å². The molecule has 8 nitrogen and oxygen atoms in total. The summed E-state index contributed by atoms with van der Waals surface area (Å²) in [5.41, 5.74) is 1.31. The number of nitrogens with zero attached hydrogens (tertiary/aromatic N) is 2. The van der Waals surface area contributed by atoms with E-state index in [4.69, 9.17) is 0 Å². The molecule has 3 rings (SSSR count). The maximum atomic E-state index is 13.4.